The smallest absolute Gasteiger partial charge is 0.291 e. The molecule has 2 atom stereocenters. The summed E-state index contributed by atoms with van der Waals surface area (Å²) in [6.45, 7) is 8.35. The van der Waals surface area contributed by atoms with Crippen LogP contribution in [-0.4, -0.2) is 50.3 Å². The maximum absolute atomic E-state index is 13.1. The lowest BCUT2D eigenvalue weighted by atomic mass is 10.1. The van der Waals surface area contributed by atoms with Crippen LogP contribution in [0.4, 0.5) is 14.5 Å². The lowest BCUT2D eigenvalue weighted by Crippen LogP contribution is -2.54. The predicted molar refractivity (Wildman–Crippen MR) is 120 cm³/mol. The van der Waals surface area contributed by atoms with Gasteiger partial charge in [-0.3, -0.25) is 9.12 Å². The Morgan fingerprint density at radius 2 is 2.13 bits per heavy atom. The van der Waals surface area contributed by atoms with Gasteiger partial charge in [0, 0.05) is 41.8 Å². The zero-order valence-electron chi connectivity index (χ0n) is 17.6. The molecule has 0 radical (unpaired) electrons. The average molecular weight is 466 g/mol. The third-order valence-corrected chi connectivity index (χ3v) is 7.90. The first kappa shape index (κ1) is 21.0. The molecule has 4 heterocycles. The van der Waals surface area contributed by atoms with Crippen LogP contribution in [0.3, 0.4) is 0 Å². The molecule has 7 nitrogen and oxygen atoms in total. The summed E-state index contributed by atoms with van der Waals surface area (Å²) in [5.41, 5.74) is 2.70. The Labute approximate surface area is 187 Å². The molecule has 0 bridgehead atoms. The quantitative estimate of drug-likeness (QED) is 0.531. The van der Waals surface area contributed by atoms with Crippen LogP contribution in [0, 0.1) is 0 Å². The van der Waals surface area contributed by atoms with Crippen molar-refractivity contribution in [2.24, 2.45) is 0 Å². The highest BCUT2D eigenvalue weighted by molar-refractivity contribution is 7.97. The maximum Gasteiger partial charge on any atom is 0.291 e. The molecule has 31 heavy (non-hydrogen) atoms. The highest BCUT2D eigenvalue weighted by atomic mass is 32.2. The summed E-state index contributed by atoms with van der Waals surface area (Å²) < 4.78 is 31.7. The van der Waals surface area contributed by atoms with Gasteiger partial charge in [-0.2, -0.15) is 0 Å². The molecule has 1 saturated carbocycles. The second-order valence-electron chi connectivity index (χ2n) is 8.72. The molecule has 0 aromatic carbocycles. The number of aromatic nitrogens is 4. The van der Waals surface area contributed by atoms with Gasteiger partial charge in [-0.1, -0.05) is 11.3 Å². The van der Waals surface area contributed by atoms with Gasteiger partial charge in [0.25, 0.3) is 6.43 Å². The molecule has 3 aromatic heterocycles. The van der Waals surface area contributed by atoms with E-state index in [1.165, 1.54) is 12.8 Å². The van der Waals surface area contributed by atoms with Crippen molar-refractivity contribution in [2.45, 2.75) is 62.6 Å². The van der Waals surface area contributed by atoms with Crippen molar-refractivity contribution in [1.82, 2.24) is 29.6 Å². The first-order valence-corrected chi connectivity index (χ1v) is 12.0. The number of piperazine rings is 1. The predicted octanol–water partition coefficient (Wildman–Crippen LogP) is 4.13. The second-order valence-corrected chi connectivity index (χ2v) is 10.6. The topological polar surface area (TPSA) is 70.4 Å². The van der Waals surface area contributed by atoms with Crippen LogP contribution >= 0.6 is 23.3 Å². The van der Waals surface area contributed by atoms with E-state index < -0.39 is 6.43 Å². The number of nitrogens with zero attached hydrogens (tertiary/aromatic N) is 5. The zero-order valence-corrected chi connectivity index (χ0v) is 19.2. The number of imidazole rings is 1. The molecule has 2 aliphatic rings. The van der Waals surface area contributed by atoms with Crippen LogP contribution in [0.1, 0.15) is 45.0 Å². The van der Waals surface area contributed by atoms with Gasteiger partial charge in [-0.25, -0.2) is 13.8 Å². The van der Waals surface area contributed by atoms with E-state index in [9.17, 15) is 8.78 Å². The van der Waals surface area contributed by atoms with E-state index >= 15 is 0 Å². The fourth-order valence-electron chi connectivity index (χ4n) is 3.73. The molecule has 0 amide bonds. The van der Waals surface area contributed by atoms with Crippen LogP contribution in [-0.2, 0) is 0 Å². The summed E-state index contributed by atoms with van der Waals surface area (Å²) in [6, 6.07) is 2.85. The number of nitrogens with one attached hydrogen (secondary N) is 2. The third-order valence-electron chi connectivity index (χ3n) is 5.90. The highest BCUT2D eigenvalue weighted by Crippen LogP contribution is 2.39. The minimum absolute atomic E-state index is 0.180. The first-order chi connectivity index (χ1) is 14.8. The molecule has 5 rings (SSSR count). The van der Waals surface area contributed by atoms with E-state index in [4.69, 9.17) is 0 Å². The molecule has 0 spiro atoms. The Morgan fingerprint density at radius 1 is 1.32 bits per heavy atom. The maximum atomic E-state index is 13.1. The molecular weight excluding hydrogens is 440 g/mol. The summed E-state index contributed by atoms with van der Waals surface area (Å²) in [5, 5.41) is 11.3. The van der Waals surface area contributed by atoms with E-state index in [0.717, 1.165) is 40.7 Å². The van der Waals surface area contributed by atoms with Crippen molar-refractivity contribution in [3.8, 4) is 10.7 Å². The molecule has 2 fully saturated rings. The second kappa shape index (κ2) is 7.95. The van der Waals surface area contributed by atoms with Gasteiger partial charge < -0.3 is 10.2 Å². The number of halogens is 2. The Balaban J connectivity index is 1.59. The fourth-order valence-corrected chi connectivity index (χ4v) is 5.33. The first-order valence-electron chi connectivity index (χ1n) is 10.4. The summed E-state index contributed by atoms with van der Waals surface area (Å²) in [6.07, 6.45) is 3.41. The van der Waals surface area contributed by atoms with Crippen molar-refractivity contribution in [3.05, 3.63) is 23.5 Å². The highest BCUT2D eigenvalue weighted by Gasteiger charge is 2.37. The third kappa shape index (κ3) is 4.15. The number of alkyl halides is 2. The van der Waals surface area contributed by atoms with Crippen LogP contribution in [0.5, 0.6) is 0 Å². The Hall–Kier alpha value is -1.82. The van der Waals surface area contributed by atoms with E-state index in [2.05, 4.69) is 57.0 Å². The van der Waals surface area contributed by atoms with Crippen LogP contribution in [0.2, 0.25) is 0 Å². The van der Waals surface area contributed by atoms with Gasteiger partial charge in [0.15, 0.2) is 15.7 Å². The monoisotopic (exact) mass is 465 g/mol. The molecule has 3 aromatic rings. The minimum atomic E-state index is -2.63. The lowest BCUT2D eigenvalue weighted by molar-refractivity contribution is 0.150. The molecule has 1 aliphatic carbocycles. The number of anilines is 1. The molecule has 11 heteroatoms. The van der Waals surface area contributed by atoms with Gasteiger partial charge in [-0.05, 0) is 51.6 Å². The molecule has 0 unspecified atom stereocenters. The number of hydrogen-bond acceptors (Lipinski definition) is 8. The molecule has 2 N–H and O–H groups in total. The van der Waals surface area contributed by atoms with E-state index in [1.807, 2.05) is 10.6 Å². The molecular formula is C20H25F2N7S2. The van der Waals surface area contributed by atoms with Crippen molar-refractivity contribution in [2.75, 3.05) is 18.0 Å². The summed E-state index contributed by atoms with van der Waals surface area (Å²) in [7, 11) is 0. The van der Waals surface area contributed by atoms with Gasteiger partial charge in [-0.15, -0.1) is 10.2 Å². The average Bonchev–Trinajstić information content (AvgIpc) is 3.14. The van der Waals surface area contributed by atoms with Crippen LogP contribution in [0.15, 0.2) is 23.4 Å². The Morgan fingerprint density at radius 3 is 2.84 bits per heavy atom. The molecule has 1 aliphatic heterocycles. The standard InChI is InChI=1S/C20H25F2N7S2/c1-11-9-28(12(2)7-23-11)14-6-13(31-27-20(3)4-5-20)10-29-15(8-24-17(14)29)18-25-26-19(30-18)16(21)22/h6,8,10-12,16,23,27H,4-5,7,9H2,1-3H3/t11-,12-/m0/s1. The Kier molecular flexibility index (Phi) is 5.40. The SMILES string of the molecule is C[C@H]1CN(c2cc(SNC3(C)CC3)cn3c(-c4nnc(C(F)F)s4)cnc23)[C@@H](C)CN1. The molecule has 1 saturated heterocycles. The molecule has 166 valence electrons. The number of hydrogen-bond donors (Lipinski definition) is 2. The van der Waals surface area contributed by atoms with Crippen molar-refractivity contribution >= 4 is 34.6 Å². The van der Waals surface area contributed by atoms with Crippen molar-refractivity contribution in [3.63, 3.8) is 0 Å². The minimum Gasteiger partial charge on any atom is -0.363 e. The fraction of sp³-hybridized carbons (Fsp3) is 0.550. The number of pyridine rings is 1. The van der Waals surface area contributed by atoms with Crippen LogP contribution in [0.25, 0.3) is 16.3 Å². The van der Waals surface area contributed by atoms with Gasteiger partial charge in [0.2, 0.25) is 0 Å². The summed E-state index contributed by atoms with van der Waals surface area (Å²) in [5.74, 6) is 0. The number of rotatable bonds is 6. The zero-order chi connectivity index (χ0) is 21.8. The Bertz CT molecular complexity index is 1090. The number of fused-ring (bicyclic) bond motifs is 1. The van der Waals surface area contributed by atoms with Gasteiger partial charge in [0.05, 0.1) is 11.9 Å². The lowest BCUT2D eigenvalue weighted by Gasteiger charge is -2.39. The van der Waals surface area contributed by atoms with E-state index in [1.54, 1.807) is 18.1 Å². The normalized spacial score (nSPS) is 23.1. The van der Waals surface area contributed by atoms with Crippen LogP contribution < -0.4 is 14.9 Å². The van der Waals surface area contributed by atoms with Crippen molar-refractivity contribution in [1.29, 1.82) is 0 Å². The summed E-state index contributed by atoms with van der Waals surface area (Å²) in [4.78, 5) is 8.09. The summed E-state index contributed by atoms with van der Waals surface area (Å²) >= 11 is 2.52. The van der Waals surface area contributed by atoms with E-state index in [-0.39, 0.29) is 10.5 Å². The van der Waals surface area contributed by atoms with Crippen molar-refractivity contribution < 1.29 is 8.78 Å². The largest absolute Gasteiger partial charge is 0.363 e. The van der Waals surface area contributed by atoms with Gasteiger partial charge in [0.1, 0.15) is 5.69 Å². The van der Waals surface area contributed by atoms with E-state index in [0.29, 0.717) is 22.8 Å². The van der Waals surface area contributed by atoms with Gasteiger partial charge >= 0.3 is 0 Å².